The number of hydrogen-bond donors (Lipinski definition) is 2. The van der Waals surface area contributed by atoms with Gasteiger partial charge in [-0.3, -0.25) is 14.2 Å². The number of aromatic nitrogens is 2. The first-order chi connectivity index (χ1) is 12.6. The Labute approximate surface area is 147 Å². The predicted molar refractivity (Wildman–Crippen MR) is 94.0 cm³/mol. The highest BCUT2D eigenvalue weighted by Gasteiger charge is 2.26. The van der Waals surface area contributed by atoms with Crippen molar-refractivity contribution in [2.75, 3.05) is 6.54 Å². The number of pyridine rings is 2. The Morgan fingerprint density at radius 1 is 1.31 bits per heavy atom. The zero-order valence-electron chi connectivity index (χ0n) is 13.8. The lowest BCUT2D eigenvalue weighted by Gasteiger charge is -2.14. The van der Waals surface area contributed by atoms with Crippen molar-refractivity contribution < 1.29 is 14.3 Å². The van der Waals surface area contributed by atoms with Gasteiger partial charge in [-0.05, 0) is 49.1 Å². The maximum absolute atomic E-state index is 13.7. The third-order valence-corrected chi connectivity index (χ3v) is 4.45. The fourth-order valence-electron chi connectivity index (χ4n) is 2.91. The average Bonchev–Trinajstić information content (AvgIpc) is 3.45. The van der Waals surface area contributed by atoms with Crippen LogP contribution in [0.5, 0.6) is 5.75 Å². The van der Waals surface area contributed by atoms with E-state index >= 15 is 0 Å². The third kappa shape index (κ3) is 2.81. The van der Waals surface area contributed by atoms with Gasteiger partial charge in [-0.15, -0.1) is 0 Å². The number of hydrogen-bond acceptors (Lipinski definition) is 4. The fourth-order valence-corrected chi connectivity index (χ4v) is 2.91. The van der Waals surface area contributed by atoms with Gasteiger partial charge in [0.2, 0.25) is 0 Å². The number of benzene rings is 1. The number of aromatic hydroxyl groups is 1. The van der Waals surface area contributed by atoms with Crippen LogP contribution in [-0.2, 0) is 0 Å². The minimum atomic E-state index is -0.743. The molecule has 1 aromatic carbocycles. The van der Waals surface area contributed by atoms with Crippen LogP contribution < -0.4 is 10.9 Å². The molecule has 26 heavy (non-hydrogen) atoms. The molecule has 0 unspecified atom stereocenters. The summed E-state index contributed by atoms with van der Waals surface area (Å²) in [6.45, 7) is 0.461. The summed E-state index contributed by atoms with van der Waals surface area (Å²) in [6.07, 6.45) is 3.55. The summed E-state index contributed by atoms with van der Waals surface area (Å²) in [5, 5.41) is 13.5. The van der Waals surface area contributed by atoms with Crippen LogP contribution in [0.15, 0.2) is 47.4 Å². The van der Waals surface area contributed by atoms with Crippen LogP contribution in [0.25, 0.3) is 16.7 Å². The van der Waals surface area contributed by atoms with Gasteiger partial charge in [-0.1, -0.05) is 6.07 Å². The minimum Gasteiger partial charge on any atom is -0.506 e. The molecule has 0 spiro atoms. The Morgan fingerprint density at radius 3 is 2.85 bits per heavy atom. The van der Waals surface area contributed by atoms with E-state index in [1.807, 2.05) is 0 Å². The van der Waals surface area contributed by atoms with Crippen LogP contribution in [0, 0.1) is 11.7 Å². The van der Waals surface area contributed by atoms with Gasteiger partial charge < -0.3 is 10.4 Å². The van der Waals surface area contributed by atoms with Crippen LogP contribution in [0.3, 0.4) is 0 Å². The number of fused-ring (bicyclic) bond motifs is 1. The molecule has 0 aliphatic heterocycles. The van der Waals surface area contributed by atoms with Gasteiger partial charge in [0.05, 0.1) is 11.1 Å². The van der Waals surface area contributed by atoms with E-state index in [-0.39, 0.29) is 22.3 Å². The van der Waals surface area contributed by atoms with Crippen molar-refractivity contribution in [3.05, 3.63) is 64.3 Å². The van der Waals surface area contributed by atoms with Crippen molar-refractivity contribution in [1.82, 2.24) is 14.9 Å². The molecule has 1 aliphatic rings. The maximum Gasteiger partial charge on any atom is 0.273 e. The summed E-state index contributed by atoms with van der Waals surface area (Å²) in [5.41, 5.74) is -0.725. The fraction of sp³-hybridized carbons (Fsp3) is 0.211. The average molecular weight is 353 g/mol. The smallest absolute Gasteiger partial charge is 0.273 e. The molecular weight excluding hydrogens is 337 g/mol. The molecule has 0 bridgehead atoms. The zero-order chi connectivity index (χ0) is 18.3. The molecule has 1 fully saturated rings. The lowest BCUT2D eigenvalue weighted by atomic mass is 10.1. The first-order valence-corrected chi connectivity index (χ1v) is 8.33. The van der Waals surface area contributed by atoms with Crippen molar-refractivity contribution >= 4 is 16.9 Å². The second-order valence-electron chi connectivity index (χ2n) is 6.37. The van der Waals surface area contributed by atoms with Crippen molar-refractivity contribution in [2.24, 2.45) is 5.92 Å². The molecule has 0 saturated heterocycles. The Balaban J connectivity index is 1.95. The molecule has 1 saturated carbocycles. The highest BCUT2D eigenvalue weighted by atomic mass is 19.1. The maximum atomic E-state index is 13.7. The Kier molecular flexibility index (Phi) is 3.91. The predicted octanol–water partition coefficient (Wildman–Crippen LogP) is 2.37. The van der Waals surface area contributed by atoms with Gasteiger partial charge in [0.15, 0.2) is 5.65 Å². The second kappa shape index (κ2) is 6.25. The summed E-state index contributed by atoms with van der Waals surface area (Å²) in [7, 11) is 0. The normalized spacial score (nSPS) is 13.7. The van der Waals surface area contributed by atoms with Gasteiger partial charge in [0.1, 0.15) is 17.1 Å². The van der Waals surface area contributed by atoms with Crippen molar-refractivity contribution in [1.29, 1.82) is 0 Å². The standard InChI is InChI=1S/C19H16FN3O3/c20-12-3-1-4-13(9-12)23-17-14(5-2-8-21-17)16(24)15(19(23)26)18(25)22-10-11-6-7-11/h1-5,8-9,11,24H,6-7,10H2,(H,22,25). The molecule has 4 rings (SSSR count). The third-order valence-electron chi connectivity index (χ3n) is 4.45. The monoisotopic (exact) mass is 353 g/mol. The lowest BCUT2D eigenvalue weighted by molar-refractivity contribution is 0.0947. The molecule has 0 atom stereocenters. The van der Waals surface area contributed by atoms with Gasteiger partial charge in [-0.2, -0.15) is 0 Å². The molecule has 6 nitrogen and oxygen atoms in total. The highest BCUT2D eigenvalue weighted by Crippen LogP contribution is 2.29. The summed E-state index contributed by atoms with van der Waals surface area (Å²) >= 11 is 0. The van der Waals surface area contributed by atoms with Crippen molar-refractivity contribution in [2.45, 2.75) is 12.8 Å². The van der Waals surface area contributed by atoms with Crippen LogP contribution in [0.4, 0.5) is 4.39 Å². The van der Waals surface area contributed by atoms with Gasteiger partial charge >= 0.3 is 0 Å². The number of carbonyl (C=O) groups excluding carboxylic acids is 1. The first-order valence-electron chi connectivity index (χ1n) is 8.33. The Morgan fingerprint density at radius 2 is 2.12 bits per heavy atom. The van der Waals surface area contributed by atoms with Crippen molar-refractivity contribution in [3.8, 4) is 11.4 Å². The molecule has 2 heterocycles. The summed E-state index contributed by atoms with van der Waals surface area (Å²) in [4.78, 5) is 29.7. The molecule has 1 amide bonds. The van der Waals surface area contributed by atoms with Crippen LogP contribution in [0.1, 0.15) is 23.2 Å². The second-order valence-corrected chi connectivity index (χ2v) is 6.37. The lowest BCUT2D eigenvalue weighted by Crippen LogP contribution is -2.34. The van der Waals surface area contributed by atoms with E-state index in [1.165, 1.54) is 24.4 Å². The van der Waals surface area contributed by atoms with E-state index in [4.69, 9.17) is 0 Å². The van der Waals surface area contributed by atoms with Crippen LogP contribution in [-0.4, -0.2) is 27.1 Å². The zero-order valence-corrected chi connectivity index (χ0v) is 13.8. The summed E-state index contributed by atoms with van der Waals surface area (Å²) in [6, 6.07) is 8.60. The Hall–Kier alpha value is -3.22. The number of nitrogens with zero attached hydrogens (tertiary/aromatic N) is 2. The molecule has 2 aromatic heterocycles. The summed E-state index contributed by atoms with van der Waals surface area (Å²) < 4.78 is 14.8. The summed E-state index contributed by atoms with van der Waals surface area (Å²) in [5.74, 6) is -1.16. The van der Waals surface area contributed by atoms with Crippen LogP contribution in [0.2, 0.25) is 0 Å². The van der Waals surface area contributed by atoms with E-state index < -0.39 is 23.0 Å². The van der Waals surface area contributed by atoms with E-state index in [1.54, 1.807) is 18.2 Å². The number of rotatable bonds is 4. The number of halogens is 1. The van der Waals surface area contributed by atoms with Crippen LogP contribution >= 0.6 is 0 Å². The van der Waals surface area contributed by atoms with Gasteiger partial charge in [-0.25, -0.2) is 9.37 Å². The molecule has 0 radical (unpaired) electrons. The number of amides is 1. The van der Waals surface area contributed by atoms with E-state index in [9.17, 15) is 19.1 Å². The highest BCUT2D eigenvalue weighted by molar-refractivity contribution is 6.02. The van der Waals surface area contributed by atoms with E-state index in [0.717, 1.165) is 17.4 Å². The Bertz CT molecular complexity index is 1070. The quantitative estimate of drug-likeness (QED) is 0.754. The number of nitrogens with one attached hydrogen (secondary N) is 1. The van der Waals surface area contributed by atoms with Crippen molar-refractivity contribution in [3.63, 3.8) is 0 Å². The largest absolute Gasteiger partial charge is 0.506 e. The van der Waals surface area contributed by atoms with E-state index in [0.29, 0.717) is 12.5 Å². The minimum absolute atomic E-state index is 0.152. The SMILES string of the molecule is O=C(NCC1CC1)c1c(O)c2cccnc2n(-c2cccc(F)c2)c1=O. The topological polar surface area (TPSA) is 84.2 Å². The number of carbonyl (C=O) groups is 1. The van der Waals surface area contributed by atoms with Gasteiger partial charge in [0.25, 0.3) is 11.5 Å². The molecule has 1 aliphatic carbocycles. The first kappa shape index (κ1) is 16.3. The van der Waals surface area contributed by atoms with Gasteiger partial charge in [0, 0.05) is 12.7 Å². The molecule has 2 N–H and O–H groups in total. The molecule has 7 heteroatoms. The molecular formula is C19H16FN3O3. The molecule has 132 valence electrons. The molecule has 3 aromatic rings. The van der Waals surface area contributed by atoms with E-state index in [2.05, 4.69) is 10.3 Å².